The number of nitriles is 1. The molecular weight excluding hydrogens is 218 g/mol. The third-order valence-electron chi connectivity index (χ3n) is 2.06. The van der Waals surface area contributed by atoms with Crippen LogP contribution < -0.4 is 5.32 Å². The highest BCUT2D eigenvalue weighted by Crippen LogP contribution is 2.04. The first-order valence-corrected chi connectivity index (χ1v) is 5.52. The first-order valence-electron chi connectivity index (χ1n) is 5.52. The molecule has 1 N–H and O–H groups in total. The van der Waals surface area contributed by atoms with Crippen molar-refractivity contribution >= 4 is 11.8 Å². The second-order valence-corrected chi connectivity index (χ2v) is 3.38. The standard InChI is InChI=1S/C12H15N3O2/c1-2-17-12(16)4-3-7-14-11-6-5-10(8-13)9-15-11/h5-6,9H,2-4,7H2,1H3,(H,14,15). The Kier molecular flexibility index (Phi) is 5.52. The van der Waals surface area contributed by atoms with Crippen LogP contribution in [-0.2, 0) is 9.53 Å². The van der Waals surface area contributed by atoms with Crippen molar-refractivity contribution < 1.29 is 9.53 Å². The van der Waals surface area contributed by atoms with Crippen LogP contribution in [0.2, 0.25) is 0 Å². The summed E-state index contributed by atoms with van der Waals surface area (Å²) in [6.45, 7) is 2.86. The molecule has 0 unspecified atom stereocenters. The number of hydrogen-bond donors (Lipinski definition) is 1. The van der Waals surface area contributed by atoms with E-state index in [4.69, 9.17) is 10.00 Å². The molecule has 1 rings (SSSR count). The fourth-order valence-corrected chi connectivity index (χ4v) is 1.25. The molecule has 90 valence electrons. The van der Waals surface area contributed by atoms with E-state index in [9.17, 15) is 4.79 Å². The largest absolute Gasteiger partial charge is 0.466 e. The van der Waals surface area contributed by atoms with Gasteiger partial charge in [0.2, 0.25) is 0 Å². The zero-order valence-electron chi connectivity index (χ0n) is 9.77. The predicted molar refractivity (Wildman–Crippen MR) is 63.3 cm³/mol. The predicted octanol–water partition coefficient (Wildman–Crippen LogP) is 1.71. The lowest BCUT2D eigenvalue weighted by Gasteiger charge is -2.05. The number of carbonyl (C=O) groups excluding carboxylic acids is 1. The van der Waals surface area contributed by atoms with Crippen molar-refractivity contribution in [1.29, 1.82) is 5.26 Å². The molecule has 0 fully saturated rings. The summed E-state index contributed by atoms with van der Waals surface area (Å²) in [5.41, 5.74) is 0.530. The number of aromatic nitrogens is 1. The molecule has 0 spiro atoms. The van der Waals surface area contributed by atoms with E-state index in [1.807, 2.05) is 6.07 Å². The van der Waals surface area contributed by atoms with Gasteiger partial charge in [-0.15, -0.1) is 0 Å². The Morgan fingerprint density at radius 2 is 2.41 bits per heavy atom. The zero-order chi connectivity index (χ0) is 12.5. The van der Waals surface area contributed by atoms with E-state index in [-0.39, 0.29) is 5.97 Å². The number of pyridine rings is 1. The quantitative estimate of drug-likeness (QED) is 0.598. The number of nitrogens with one attached hydrogen (secondary N) is 1. The minimum atomic E-state index is -0.179. The lowest BCUT2D eigenvalue weighted by molar-refractivity contribution is -0.143. The van der Waals surface area contributed by atoms with E-state index in [1.165, 1.54) is 6.20 Å². The van der Waals surface area contributed by atoms with Gasteiger partial charge in [-0.3, -0.25) is 4.79 Å². The minimum Gasteiger partial charge on any atom is -0.466 e. The summed E-state index contributed by atoms with van der Waals surface area (Å²) < 4.78 is 4.81. The average molecular weight is 233 g/mol. The number of esters is 1. The van der Waals surface area contributed by atoms with Crippen LogP contribution in [0.15, 0.2) is 18.3 Å². The smallest absolute Gasteiger partial charge is 0.305 e. The Balaban J connectivity index is 2.22. The fourth-order valence-electron chi connectivity index (χ4n) is 1.25. The molecule has 0 aliphatic carbocycles. The summed E-state index contributed by atoms with van der Waals surface area (Å²) in [5.74, 6) is 0.523. The Labute approximate surface area is 100 Å². The maximum atomic E-state index is 11.0. The SMILES string of the molecule is CCOC(=O)CCCNc1ccc(C#N)cn1. The zero-order valence-corrected chi connectivity index (χ0v) is 9.77. The first kappa shape index (κ1) is 13.0. The number of ether oxygens (including phenoxy) is 1. The topological polar surface area (TPSA) is 75.0 Å². The van der Waals surface area contributed by atoms with E-state index in [2.05, 4.69) is 10.3 Å². The van der Waals surface area contributed by atoms with Crippen molar-refractivity contribution in [3.05, 3.63) is 23.9 Å². The van der Waals surface area contributed by atoms with Crippen LogP contribution in [0.3, 0.4) is 0 Å². The van der Waals surface area contributed by atoms with Gasteiger partial charge in [-0.2, -0.15) is 5.26 Å². The number of nitrogens with zero attached hydrogens (tertiary/aromatic N) is 2. The molecule has 17 heavy (non-hydrogen) atoms. The Bertz CT molecular complexity index is 395. The van der Waals surface area contributed by atoms with E-state index in [1.54, 1.807) is 19.1 Å². The number of anilines is 1. The van der Waals surface area contributed by atoms with Gasteiger partial charge in [-0.05, 0) is 25.5 Å². The van der Waals surface area contributed by atoms with Crippen molar-refractivity contribution in [3.8, 4) is 6.07 Å². The molecule has 0 saturated heterocycles. The molecule has 0 bridgehead atoms. The van der Waals surface area contributed by atoms with Crippen LogP contribution in [-0.4, -0.2) is 24.1 Å². The van der Waals surface area contributed by atoms with E-state index < -0.39 is 0 Å². The average Bonchev–Trinajstić information content (AvgIpc) is 2.36. The third-order valence-corrected chi connectivity index (χ3v) is 2.06. The maximum absolute atomic E-state index is 11.0. The first-order chi connectivity index (χ1) is 8.26. The molecule has 1 aromatic heterocycles. The second-order valence-electron chi connectivity index (χ2n) is 3.38. The lowest BCUT2D eigenvalue weighted by atomic mass is 10.3. The summed E-state index contributed by atoms with van der Waals surface area (Å²) >= 11 is 0. The van der Waals surface area contributed by atoms with Crippen LogP contribution in [0.4, 0.5) is 5.82 Å². The van der Waals surface area contributed by atoms with E-state index in [0.29, 0.717) is 37.4 Å². The van der Waals surface area contributed by atoms with Crippen molar-refractivity contribution in [1.82, 2.24) is 4.98 Å². The molecule has 5 heteroatoms. The van der Waals surface area contributed by atoms with E-state index in [0.717, 1.165) is 0 Å². The van der Waals surface area contributed by atoms with E-state index >= 15 is 0 Å². The van der Waals surface area contributed by atoms with Gasteiger partial charge in [0.1, 0.15) is 11.9 Å². The van der Waals surface area contributed by atoms with Crippen LogP contribution in [0.5, 0.6) is 0 Å². The number of rotatable bonds is 6. The highest BCUT2D eigenvalue weighted by molar-refractivity contribution is 5.69. The van der Waals surface area contributed by atoms with Gasteiger partial charge in [0, 0.05) is 19.2 Å². The van der Waals surface area contributed by atoms with Gasteiger partial charge < -0.3 is 10.1 Å². The lowest BCUT2D eigenvalue weighted by Crippen LogP contribution is -2.08. The molecule has 5 nitrogen and oxygen atoms in total. The highest BCUT2D eigenvalue weighted by atomic mass is 16.5. The molecule has 1 heterocycles. The van der Waals surface area contributed by atoms with Crippen molar-refractivity contribution in [2.24, 2.45) is 0 Å². The Morgan fingerprint density at radius 1 is 1.59 bits per heavy atom. The van der Waals surface area contributed by atoms with Gasteiger partial charge >= 0.3 is 5.97 Å². The van der Waals surface area contributed by atoms with Crippen LogP contribution >= 0.6 is 0 Å². The Hall–Kier alpha value is -2.09. The van der Waals surface area contributed by atoms with Crippen LogP contribution in [0.1, 0.15) is 25.3 Å². The normalized spacial score (nSPS) is 9.41. The number of hydrogen-bond acceptors (Lipinski definition) is 5. The summed E-state index contributed by atoms with van der Waals surface area (Å²) in [5, 5.41) is 11.7. The molecule has 0 radical (unpaired) electrons. The van der Waals surface area contributed by atoms with Crippen molar-refractivity contribution in [3.63, 3.8) is 0 Å². The van der Waals surface area contributed by atoms with Gasteiger partial charge in [0.15, 0.2) is 0 Å². The molecule has 0 aliphatic heterocycles. The van der Waals surface area contributed by atoms with Gasteiger partial charge in [-0.1, -0.05) is 0 Å². The fraction of sp³-hybridized carbons (Fsp3) is 0.417. The summed E-state index contributed by atoms with van der Waals surface area (Å²) in [6.07, 6.45) is 2.60. The minimum absolute atomic E-state index is 0.179. The maximum Gasteiger partial charge on any atom is 0.305 e. The molecule has 1 aromatic rings. The molecule has 0 amide bonds. The van der Waals surface area contributed by atoms with Gasteiger partial charge in [0.05, 0.1) is 12.2 Å². The molecule has 0 atom stereocenters. The molecule has 0 saturated carbocycles. The molecule has 0 aliphatic rings. The molecule has 0 aromatic carbocycles. The van der Waals surface area contributed by atoms with Gasteiger partial charge in [0.25, 0.3) is 0 Å². The third kappa shape index (κ3) is 4.98. The highest BCUT2D eigenvalue weighted by Gasteiger charge is 2.00. The van der Waals surface area contributed by atoms with Crippen molar-refractivity contribution in [2.75, 3.05) is 18.5 Å². The second kappa shape index (κ2) is 7.23. The van der Waals surface area contributed by atoms with Gasteiger partial charge in [-0.25, -0.2) is 4.98 Å². The van der Waals surface area contributed by atoms with Crippen molar-refractivity contribution in [2.45, 2.75) is 19.8 Å². The van der Waals surface area contributed by atoms with Crippen LogP contribution in [0, 0.1) is 11.3 Å². The summed E-state index contributed by atoms with van der Waals surface area (Å²) in [4.78, 5) is 15.1. The van der Waals surface area contributed by atoms with Crippen LogP contribution in [0.25, 0.3) is 0 Å². The number of carbonyl (C=O) groups is 1. The monoisotopic (exact) mass is 233 g/mol. The summed E-state index contributed by atoms with van der Waals surface area (Å²) in [7, 11) is 0. The molecular formula is C12H15N3O2. The summed E-state index contributed by atoms with van der Waals surface area (Å²) in [6, 6.07) is 5.43. The Morgan fingerprint density at radius 3 is 3.00 bits per heavy atom.